The minimum Gasteiger partial charge on any atom is -0.469 e. The molecule has 5 nitrogen and oxygen atoms in total. The third kappa shape index (κ3) is 3.90. The zero-order chi connectivity index (χ0) is 18.0. The van der Waals surface area contributed by atoms with Crippen LogP contribution >= 0.6 is 11.6 Å². The van der Waals surface area contributed by atoms with Crippen LogP contribution in [0.5, 0.6) is 0 Å². The van der Waals surface area contributed by atoms with E-state index in [-0.39, 0.29) is 34.2 Å². The Kier molecular flexibility index (Phi) is 4.63. The number of alkyl halides is 3. The first-order valence-corrected chi connectivity index (χ1v) is 7.49. The zero-order valence-corrected chi connectivity index (χ0v) is 13.3. The Morgan fingerprint density at radius 3 is 2.64 bits per heavy atom. The molecular weight excluding hydrogens is 361 g/mol. The summed E-state index contributed by atoms with van der Waals surface area (Å²) in [5.41, 5.74) is 0.475. The van der Waals surface area contributed by atoms with Crippen LogP contribution in [-0.2, 0) is 12.6 Å². The van der Waals surface area contributed by atoms with Crippen LogP contribution in [0.1, 0.15) is 28.4 Å². The van der Waals surface area contributed by atoms with Crippen LogP contribution in [0.25, 0.3) is 11.4 Å². The molecule has 25 heavy (non-hydrogen) atoms. The summed E-state index contributed by atoms with van der Waals surface area (Å²) in [6.07, 6.45) is -2.60. The van der Waals surface area contributed by atoms with Gasteiger partial charge in [0.25, 0.3) is 0 Å². The second kappa shape index (κ2) is 6.72. The molecule has 0 amide bonds. The highest BCUT2D eigenvalue weighted by Crippen LogP contribution is 2.30. The number of aromatic nitrogens is 2. The Bertz CT molecular complexity index is 888. The van der Waals surface area contributed by atoms with E-state index in [1.807, 2.05) is 0 Å². The van der Waals surface area contributed by atoms with Crippen LogP contribution in [0, 0.1) is 0 Å². The second-order valence-electron chi connectivity index (χ2n) is 5.12. The average molecular weight is 371 g/mol. The summed E-state index contributed by atoms with van der Waals surface area (Å²) in [7, 11) is 0. The van der Waals surface area contributed by atoms with Crippen molar-refractivity contribution in [3.63, 3.8) is 0 Å². The predicted octanol–water partition coefficient (Wildman–Crippen LogP) is 4.82. The average Bonchev–Trinajstić information content (AvgIpc) is 3.23. The van der Waals surface area contributed by atoms with Crippen molar-refractivity contribution in [3.8, 4) is 11.4 Å². The molecule has 0 saturated carbocycles. The van der Waals surface area contributed by atoms with Crippen LogP contribution in [0.15, 0.2) is 45.5 Å². The molecule has 0 saturated heterocycles. The minimum absolute atomic E-state index is 0.0975. The third-order valence-corrected chi connectivity index (χ3v) is 3.69. The van der Waals surface area contributed by atoms with Gasteiger partial charge in [-0.15, -0.1) is 0 Å². The van der Waals surface area contributed by atoms with Crippen LogP contribution in [0.4, 0.5) is 13.2 Å². The van der Waals surface area contributed by atoms with Gasteiger partial charge in [-0.1, -0.05) is 22.8 Å². The number of benzene rings is 1. The maximum absolute atomic E-state index is 12.5. The third-order valence-electron chi connectivity index (χ3n) is 3.37. The molecule has 0 aliphatic rings. The molecule has 0 aliphatic heterocycles. The maximum atomic E-state index is 12.5. The Hall–Kier alpha value is -2.61. The van der Waals surface area contributed by atoms with E-state index in [4.69, 9.17) is 16.0 Å². The number of ketones is 1. The number of aryl methyl sites for hydroxylation is 1. The molecule has 130 valence electrons. The number of furan rings is 1. The van der Waals surface area contributed by atoms with Gasteiger partial charge in [0.05, 0.1) is 11.3 Å². The van der Waals surface area contributed by atoms with Gasteiger partial charge < -0.3 is 8.94 Å². The first kappa shape index (κ1) is 17.2. The van der Waals surface area contributed by atoms with E-state index < -0.39 is 12.1 Å². The molecule has 0 radical (unpaired) electrons. The van der Waals surface area contributed by atoms with Gasteiger partial charge in [0.2, 0.25) is 5.82 Å². The highest BCUT2D eigenvalue weighted by Gasteiger charge is 2.38. The molecule has 0 N–H and O–H groups in total. The number of nitrogens with zero attached hydrogens (tertiary/aromatic N) is 2. The van der Waals surface area contributed by atoms with Crippen molar-refractivity contribution in [2.24, 2.45) is 0 Å². The van der Waals surface area contributed by atoms with Gasteiger partial charge in [-0.25, -0.2) is 0 Å². The number of halogens is 4. The molecule has 0 unspecified atom stereocenters. The number of rotatable bonds is 5. The Morgan fingerprint density at radius 1 is 1.24 bits per heavy atom. The molecule has 0 fully saturated rings. The quantitative estimate of drug-likeness (QED) is 0.602. The first-order valence-electron chi connectivity index (χ1n) is 7.11. The lowest BCUT2D eigenvalue weighted by Crippen LogP contribution is -2.05. The lowest BCUT2D eigenvalue weighted by atomic mass is 10.0. The van der Waals surface area contributed by atoms with E-state index in [1.165, 1.54) is 24.5 Å². The van der Waals surface area contributed by atoms with Gasteiger partial charge in [-0.3, -0.25) is 4.79 Å². The molecule has 0 spiro atoms. The summed E-state index contributed by atoms with van der Waals surface area (Å²) in [6.45, 7) is 0. The van der Waals surface area contributed by atoms with Crippen molar-refractivity contribution in [2.45, 2.75) is 19.0 Å². The Labute approximate surface area is 144 Å². The number of carbonyl (C=O) groups excluding carboxylic acids is 1. The molecule has 2 aromatic heterocycles. The number of hydrogen-bond acceptors (Lipinski definition) is 5. The van der Waals surface area contributed by atoms with Gasteiger partial charge >= 0.3 is 12.1 Å². The number of hydrogen-bond donors (Lipinski definition) is 0. The van der Waals surface area contributed by atoms with Crippen LogP contribution in [-0.4, -0.2) is 15.9 Å². The largest absolute Gasteiger partial charge is 0.471 e. The van der Waals surface area contributed by atoms with E-state index >= 15 is 0 Å². The highest BCUT2D eigenvalue weighted by atomic mass is 35.5. The molecule has 0 atom stereocenters. The van der Waals surface area contributed by atoms with Crippen molar-refractivity contribution in [3.05, 3.63) is 58.8 Å². The smallest absolute Gasteiger partial charge is 0.469 e. The highest BCUT2D eigenvalue weighted by molar-refractivity contribution is 6.34. The van der Waals surface area contributed by atoms with E-state index in [0.29, 0.717) is 12.2 Å². The fourth-order valence-electron chi connectivity index (χ4n) is 2.16. The molecule has 9 heteroatoms. The lowest BCUT2D eigenvalue weighted by molar-refractivity contribution is -0.159. The monoisotopic (exact) mass is 370 g/mol. The topological polar surface area (TPSA) is 69.1 Å². The van der Waals surface area contributed by atoms with Crippen molar-refractivity contribution in [1.82, 2.24) is 10.1 Å². The molecule has 0 bridgehead atoms. The standard InChI is InChI=1S/C16H10ClF3N2O3/c17-12-8-9(14-21-15(25-22-14)16(18,19)20)3-5-11(12)13(23)6-4-10-2-1-7-24-10/h1-3,5,7-8H,4,6H2. The van der Waals surface area contributed by atoms with E-state index in [1.54, 1.807) is 12.1 Å². The Morgan fingerprint density at radius 2 is 2.04 bits per heavy atom. The van der Waals surface area contributed by atoms with Gasteiger partial charge in [-0.05, 0) is 24.3 Å². The summed E-state index contributed by atoms with van der Waals surface area (Å²) in [4.78, 5) is 15.5. The van der Waals surface area contributed by atoms with Crippen molar-refractivity contribution < 1.29 is 26.9 Å². The molecule has 3 aromatic rings. The SMILES string of the molecule is O=C(CCc1ccco1)c1ccc(-c2noc(C(F)(F)F)n2)cc1Cl. The van der Waals surface area contributed by atoms with Gasteiger partial charge in [0, 0.05) is 24.0 Å². The molecule has 3 rings (SSSR count). The summed E-state index contributed by atoms with van der Waals surface area (Å²) in [6, 6.07) is 7.64. The fourth-order valence-corrected chi connectivity index (χ4v) is 2.45. The second-order valence-corrected chi connectivity index (χ2v) is 5.53. The van der Waals surface area contributed by atoms with Crippen molar-refractivity contribution in [2.75, 3.05) is 0 Å². The van der Waals surface area contributed by atoms with E-state index in [0.717, 1.165) is 0 Å². The molecule has 1 aromatic carbocycles. The molecule has 0 aliphatic carbocycles. The number of Topliss-reactive ketones (excluding diaryl/α,β-unsaturated/α-hetero) is 1. The molecular formula is C16H10ClF3N2O3. The summed E-state index contributed by atoms with van der Waals surface area (Å²) in [5.74, 6) is -1.24. The zero-order valence-electron chi connectivity index (χ0n) is 12.5. The minimum atomic E-state index is -4.73. The number of carbonyl (C=O) groups is 1. The van der Waals surface area contributed by atoms with Gasteiger partial charge in [-0.2, -0.15) is 18.2 Å². The fraction of sp³-hybridized carbons (Fsp3) is 0.188. The van der Waals surface area contributed by atoms with Crippen LogP contribution in [0.2, 0.25) is 5.02 Å². The van der Waals surface area contributed by atoms with E-state index in [2.05, 4.69) is 14.7 Å². The van der Waals surface area contributed by atoms with Crippen molar-refractivity contribution >= 4 is 17.4 Å². The predicted molar refractivity (Wildman–Crippen MR) is 81.1 cm³/mol. The Balaban J connectivity index is 1.76. The van der Waals surface area contributed by atoms with Gasteiger partial charge in [0.1, 0.15) is 5.76 Å². The maximum Gasteiger partial charge on any atom is 0.471 e. The summed E-state index contributed by atoms with van der Waals surface area (Å²) < 4.78 is 46.8. The van der Waals surface area contributed by atoms with Crippen molar-refractivity contribution in [1.29, 1.82) is 0 Å². The first-order chi connectivity index (χ1) is 11.8. The van der Waals surface area contributed by atoms with Gasteiger partial charge in [0.15, 0.2) is 5.78 Å². The van der Waals surface area contributed by atoms with E-state index in [9.17, 15) is 18.0 Å². The summed E-state index contributed by atoms with van der Waals surface area (Å²) in [5, 5.41) is 3.37. The lowest BCUT2D eigenvalue weighted by Gasteiger charge is -2.04. The summed E-state index contributed by atoms with van der Waals surface area (Å²) >= 11 is 6.08. The molecule has 2 heterocycles. The van der Waals surface area contributed by atoms with Crippen LogP contribution < -0.4 is 0 Å². The normalized spacial score (nSPS) is 11.7. The van der Waals surface area contributed by atoms with Crippen LogP contribution in [0.3, 0.4) is 0 Å².